The summed E-state index contributed by atoms with van der Waals surface area (Å²) in [6.07, 6.45) is 0. The molecule has 0 saturated carbocycles. The number of halogens is 5. The molecule has 0 saturated heterocycles. The Balaban J connectivity index is 2.15. The number of rotatable bonds is 2. The molecule has 0 bridgehead atoms. The molecule has 0 unspecified atom stereocenters. The van der Waals surface area contributed by atoms with Gasteiger partial charge in [0, 0.05) is 5.69 Å². The molecule has 2 heterocycles. The number of hydrogen-bond acceptors (Lipinski definition) is 5. The lowest BCUT2D eigenvalue weighted by Gasteiger charge is -2.09. The first kappa shape index (κ1) is 15.4. The van der Waals surface area contributed by atoms with Crippen LogP contribution in [0.5, 0.6) is 0 Å². The van der Waals surface area contributed by atoms with E-state index in [0.717, 1.165) is 0 Å². The van der Waals surface area contributed by atoms with Crippen LogP contribution in [0.25, 0.3) is 11.0 Å². The maximum absolute atomic E-state index is 13.2. The van der Waals surface area contributed by atoms with Crippen LogP contribution < -0.4 is 5.32 Å². The van der Waals surface area contributed by atoms with E-state index in [1.54, 1.807) is 0 Å². The summed E-state index contributed by atoms with van der Waals surface area (Å²) in [5.41, 5.74) is 0.991. The Morgan fingerprint density at radius 1 is 0.864 bits per heavy atom. The van der Waals surface area contributed by atoms with Gasteiger partial charge in [0.25, 0.3) is 0 Å². The Morgan fingerprint density at radius 2 is 1.55 bits per heavy atom. The highest BCUT2D eigenvalue weighted by Crippen LogP contribution is 2.29. The number of benzene rings is 1. The maximum atomic E-state index is 13.2. The molecule has 3 rings (SSSR count). The first-order valence-electron chi connectivity index (χ1n) is 5.72. The van der Waals surface area contributed by atoms with Gasteiger partial charge in [0.15, 0.2) is 11.0 Å². The first-order chi connectivity index (χ1) is 10.4. The lowest BCUT2D eigenvalue weighted by Crippen LogP contribution is -2.01. The summed E-state index contributed by atoms with van der Waals surface area (Å²) in [5, 5.41) is 2.79. The van der Waals surface area contributed by atoms with E-state index in [-0.39, 0.29) is 37.6 Å². The highest BCUT2D eigenvalue weighted by Gasteiger charge is 2.14. The summed E-state index contributed by atoms with van der Waals surface area (Å²) in [7, 11) is 0. The molecule has 0 aliphatic heterocycles. The number of anilines is 2. The summed E-state index contributed by atoms with van der Waals surface area (Å²) in [6.45, 7) is 0. The Morgan fingerprint density at radius 3 is 2.27 bits per heavy atom. The van der Waals surface area contributed by atoms with E-state index in [4.69, 9.17) is 46.4 Å². The second-order valence-electron chi connectivity index (χ2n) is 4.08. The Labute approximate surface area is 143 Å². The molecule has 0 atom stereocenters. The Kier molecular flexibility index (Phi) is 4.18. The third-order valence-corrected chi connectivity index (χ3v) is 3.52. The number of nitrogens with zero attached hydrogens (tertiary/aromatic N) is 4. The molecule has 10 heteroatoms. The molecule has 1 N–H and O–H groups in total. The third-order valence-electron chi connectivity index (χ3n) is 2.63. The van der Waals surface area contributed by atoms with Gasteiger partial charge in [0.1, 0.15) is 16.9 Å². The van der Waals surface area contributed by atoms with Crippen molar-refractivity contribution in [3.8, 4) is 0 Å². The summed E-state index contributed by atoms with van der Waals surface area (Å²) in [6, 6.07) is 4.08. The maximum Gasteiger partial charge on any atom is 0.225 e. The standard InChI is InChI=1S/C12H4Cl4FN5/c13-5-3-4(1-2-6(5)17)18-10-8-7(19-12(16)22-10)9(14)21-11(15)20-8/h1-3H,(H,18,19,22). The molecule has 0 radical (unpaired) electrons. The predicted molar refractivity (Wildman–Crippen MR) is 84.9 cm³/mol. The van der Waals surface area contributed by atoms with Gasteiger partial charge in [-0.05, 0) is 41.4 Å². The van der Waals surface area contributed by atoms with Gasteiger partial charge < -0.3 is 5.32 Å². The van der Waals surface area contributed by atoms with Crippen LogP contribution in [-0.4, -0.2) is 19.9 Å². The first-order valence-corrected chi connectivity index (χ1v) is 7.23. The molecule has 0 amide bonds. The van der Waals surface area contributed by atoms with E-state index in [9.17, 15) is 4.39 Å². The number of fused-ring (bicyclic) bond motifs is 1. The van der Waals surface area contributed by atoms with Gasteiger partial charge in [-0.2, -0.15) is 4.98 Å². The van der Waals surface area contributed by atoms with E-state index in [0.29, 0.717) is 5.69 Å². The summed E-state index contributed by atoms with van der Waals surface area (Å²) < 4.78 is 13.2. The lowest BCUT2D eigenvalue weighted by molar-refractivity contribution is 0.628. The van der Waals surface area contributed by atoms with Gasteiger partial charge in [-0.3, -0.25) is 0 Å². The zero-order valence-electron chi connectivity index (χ0n) is 10.4. The van der Waals surface area contributed by atoms with Crippen LogP contribution in [0.1, 0.15) is 0 Å². The Hall–Kier alpha value is -1.47. The van der Waals surface area contributed by atoms with Crippen LogP contribution in [0.2, 0.25) is 20.7 Å². The van der Waals surface area contributed by atoms with Gasteiger partial charge in [0.05, 0.1) is 5.02 Å². The highest BCUT2D eigenvalue weighted by molar-refractivity contribution is 6.36. The molecule has 1 aromatic carbocycles. The lowest BCUT2D eigenvalue weighted by atomic mass is 10.3. The second kappa shape index (κ2) is 5.96. The average molecular weight is 379 g/mol. The SMILES string of the molecule is Fc1ccc(Nc2nc(Cl)nc3c(Cl)nc(Cl)nc23)cc1Cl. The minimum absolute atomic E-state index is 0.0412. The molecule has 0 aliphatic carbocycles. The van der Waals surface area contributed by atoms with E-state index < -0.39 is 5.82 Å². The number of hydrogen-bond donors (Lipinski definition) is 1. The van der Waals surface area contributed by atoms with E-state index in [2.05, 4.69) is 25.3 Å². The molecule has 0 spiro atoms. The molecule has 112 valence electrons. The predicted octanol–water partition coefficient (Wildman–Crippen LogP) is 4.92. The average Bonchev–Trinajstić information content (AvgIpc) is 2.44. The normalized spacial score (nSPS) is 11.0. The zero-order valence-corrected chi connectivity index (χ0v) is 13.4. The van der Waals surface area contributed by atoms with Crippen LogP contribution >= 0.6 is 46.4 Å². The van der Waals surface area contributed by atoms with Gasteiger partial charge in [-0.25, -0.2) is 19.3 Å². The summed E-state index contributed by atoms with van der Waals surface area (Å²) >= 11 is 23.4. The minimum Gasteiger partial charge on any atom is -0.338 e. The largest absolute Gasteiger partial charge is 0.338 e. The van der Waals surface area contributed by atoms with E-state index in [1.807, 2.05) is 0 Å². The minimum atomic E-state index is -0.536. The molecule has 0 aliphatic rings. The molecule has 0 fully saturated rings. The van der Waals surface area contributed by atoms with Crippen LogP contribution in [-0.2, 0) is 0 Å². The van der Waals surface area contributed by atoms with Crippen LogP contribution in [0.4, 0.5) is 15.9 Å². The van der Waals surface area contributed by atoms with Gasteiger partial charge >= 0.3 is 0 Å². The fourth-order valence-corrected chi connectivity index (χ4v) is 2.50. The third kappa shape index (κ3) is 3.01. The van der Waals surface area contributed by atoms with Gasteiger partial charge in [-0.15, -0.1) is 0 Å². The molecule has 5 nitrogen and oxygen atoms in total. The molecule has 2 aromatic heterocycles. The Bertz CT molecular complexity index is 889. The topological polar surface area (TPSA) is 63.6 Å². The summed E-state index contributed by atoms with van der Waals surface area (Å²) in [5.74, 6) is -0.296. The quantitative estimate of drug-likeness (QED) is 0.506. The molecular weight excluding hydrogens is 375 g/mol. The van der Waals surface area contributed by atoms with Crippen molar-refractivity contribution < 1.29 is 4.39 Å². The van der Waals surface area contributed by atoms with Crippen molar-refractivity contribution in [3.05, 3.63) is 44.8 Å². The van der Waals surface area contributed by atoms with Crippen molar-refractivity contribution in [2.24, 2.45) is 0 Å². The van der Waals surface area contributed by atoms with Crippen molar-refractivity contribution in [2.45, 2.75) is 0 Å². The van der Waals surface area contributed by atoms with Crippen molar-refractivity contribution in [1.29, 1.82) is 0 Å². The van der Waals surface area contributed by atoms with Crippen LogP contribution in [0, 0.1) is 5.82 Å². The molecule has 3 aromatic rings. The summed E-state index contributed by atoms with van der Waals surface area (Å²) in [4.78, 5) is 15.8. The van der Waals surface area contributed by atoms with Crippen molar-refractivity contribution >= 4 is 68.9 Å². The molecule has 22 heavy (non-hydrogen) atoms. The van der Waals surface area contributed by atoms with Crippen LogP contribution in [0.3, 0.4) is 0 Å². The molecular formula is C12H4Cl4FN5. The second-order valence-corrected chi connectivity index (χ2v) is 5.52. The highest BCUT2D eigenvalue weighted by atomic mass is 35.5. The van der Waals surface area contributed by atoms with Gasteiger partial charge in [0.2, 0.25) is 10.6 Å². The number of aromatic nitrogens is 4. The van der Waals surface area contributed by atoms with E-state index >= 15 is 0 Å². The van der Waals surface area contributed by atoms with Crippen molar-refractivity contribution in [1.82, 2.24) is 19.9 Å². The van der Waals surface area contributed by atoms with E-state index in [1.165, 1.54) is 18.2 Å². The number of nitrogens with one attached hydrogen (secondary N) is 1. The van der Waals surface area contributed by atoms with Gasteiger partial charge in [-0.1, -0.05) is 23.2 Å². The fraction of sp³-hybridized carbons (Fsp3) is 0. The zero-order chi connectivity index (χ0) is 15.9. The van der Waals surface area contributed by atoms with Crippen molar-refractivity contribution in [2.75, 3.05) is 5.32 Å². The fourth-order valence-electron chi connectivity index (χ4n) is 1.73. The monoisotopic (exact) mass is 377 g/mol. The van der Waals surface area contributed by atoms with Crippen molar-refractivity contribution in [3.63, 3.8) is 0 Å². The smallest absolute Gasteiger partial charge is 0.225 e. The van der Waals surface area contributed by atoms with Crippen LogP contribution in [0.15, 0.2) is 18.2 Å².